The zero-order valence-electron chi connectivity index (χ0n) is 13.6. The number of alkyl halides is 6. The molecular formula is C17H10F6N2O2S. The first-order chi connectivity index (χ1) is 12.9. The molecule has 0 amide bonds. The first kappa shape index (κ1) is 20.2. The van der Waals surface area contributed by atoms with Crippen molar-refractivity contribution in [2.75, 3.05) is 0 Å². The highest BCUT2D eigenvalue weighted by molar-refractivity contribution is 7.98. The Kier molecular flexibility index (Phi) is 4.92. The third kappa shape index (κ3) is 3.85. The molecule has 1 aliphatic rings. The summed E-state index contributed by atoms with van der Waals surface area (Å²) in [5.74, 6) is -2.00. The highest BCUT2D eigenvalue weighted by Gasteiger charge is 2.65. The van der Waals surface area contributed by atoms with Crippen molar-refractivity contribution in [1.82, 2.24) is 0 Å². The summed E-state index contributed by atoms with van der Waals surface area (Å²) < 4.78 is 76.0. The van der Waals surface area contributed by atoms with Crippen LogP contribution in [0.25, 0.3) is 0 Å². The maximum absolute atomic E-state index is 12.9. The first-order valence-corrected chi connectivity index (χ1v) is 8.44. The summed E-state index contributed by atoms with van der Waals surface area (Å²) >= 11 is 0.216. The number of rotatable bonds is 4. The van der Waals surface area contributed by atoms with Crippen LogP contribution in [0, 0.1) is 0 Å². The van der Waals surface area contributed by atoms with E-state index in [4.69, 9.17) is 0 Å². The van der Waals surface area contributed by atoms with Crippen LogP contribution in [0.4, 0.5) is 26.3 Å². The molecule has 1 aliphatic heterocycles. The molecule has 3 rings (SSSR count). The average molecular weight is 420 g/mol. The molecule has 11 heteroatoms. The lowest BCUT2D eigenvalue weighted by Crippen LogP contribution is -2.29. The highest BCUT2D eigenvalue weighted by atomic mass is 32.1. The van der Waals surface area contributed by atoms with Crippen molar-refractivity contribution in [1.29, 1.82) is 0 Å². The van der Waals surface area contributed by atoms with Gasteiger partial charge in [0.1, 0.15) is 5.05 Å². The van der Waals surface area contributed by atoms with Crippen LogP contribution in [0.3, 0.4) is 0 Å². The van der Waals surface area contributed by atoms with Gasteiger partial charge in [0.05, 0.1) is 0 Å². The van der Waals surface area contributed by atoms with Crippen molar-refractivity contribution in [3.05, 3.63) is 65.2 Å². The van der Waals surface area contributed by atoms with Gasteiger partial charge < -0.3 is 5.11 Å². The summed E-state index contributed by atoms with van der Waals surface area (Å²) in [4.78, 5) is 11.6. The summed E-state index contributed by atoms with van der Waals surface area (Å²) in [6, 6.07) is 9.25. The number of halogens is 6. The fraction of sp³-hybridized carbons (Fsp3) is 0.176. The van der Waals surface area contributed by atoms with Gasteiger partial charge in [0, 0.05) is 21.6 Å². The van der Waals surface area contributed by atoms with Crippen LogP contribution in [-0.4, -0.2) is 28.3 Å². The van der Waals surface area contributed by atoms with E-state index in [1.54, 1.807) is 0 Å². The van der Waals surface area contributed by atoms with Crippen molar-refractivity contribution in [2.24, 2.45) is 10.2 Å². The molecule has 2 aromatic rings. The quantitative estimate of drug-likeness (QED) is 0.310. The minimum absolute atomic E-state index is 0.159. The Morgan fingerprint density at radius 2 is 1.36 bits per heavy atom. The number of aliphatic hydroxyl groups excluding tert-OH is 1. The van der Waals surface area contributed by atoms with Gasteiger partial charge in [-0.25, -0.2) is 0 Å². The standard InChI is InChI=1S/C17H10F6N2O2S/c18-16(19,20)13(26)9-1-3-10(4-2-9)14(27)28-12-7-5-11(6-8-12)15(24-25-15)17(21,22)23/h1-8,27-28H. The molecule has 0 saturated carbocycles. The van der Waals surface area contributed by atoms with Gasteiger partial charge in [-0.3, -0.25) is 4.79 Å². The monoisotopic (exact) mass is 420 g/mol. The third-order valence-corrected chi connectivity index (χ3v) is 4.89. The molecule has 0 fully saturated rings. The molecule has 148 valence electrons. The largest absolute Gasteiger partial charge is 0.454 e. The molecule has 0 bridgehead atoms. The van der Waals surface area contributed by atoms with Crippen molar-refractivity contribution < 1.29 is 36.2 Å². The van der Waals surface area contributed by atoms with Crippen LogP contribution in [0.1, 0.15) is 21.5 Å². The smallest absolute Gasteiger partial charge is 0.355 e. The summed E-state index contributed by atoms with van der Waals surface area (Å²) in [7, 11) is 0. The molecule has 0 aromatic heterocycles. The second-order valence-electron chi connectivity index (χ2n) is 5.76. The van der Waals surface area contributed by atoms with Crippen LogP contribution in [-0.2, 0) is 5.66 Å². The molecule has 4 nitrogen and oxygen atoms in total. The van der Waals surface area contributed by atoms with Gasteiger partial charge in [-0.05, 0) is 12.1 Å². The van der Waals surface area contributed by atoms with Gasteiger partial charge in [-0.15, -0.1) is 21.6 Å². The number of carbonyl (C=O) groups is 1. The zero-order valence-corrected chi connectivity index (χ0v) is 14.5. The topological polar surface area (TPSA) is 62.0 Å². The van der Waals surface area contributed by atoms with E-state index in [1.165, 1.54) is 24.3 Å². The predicted molar refractivity (Wildman–Crippen MR) is 89.8 cm³/mol. The Hall–Kier alpha value is -2.53. The number of aliphatic hydroxyl groups is 1. The molecule has 0 spiro atoms. The molecule has 0 radical (unpaired) electrons. The lowest BCUT2D eigenvalue weighted by Gasteiger charge is -2.14. The molecule has 28 heavy (non-hydrogen) atoms. The van der Waals surface area contributed by atoms with E-state index in [9.17, 15) is 36.2 Å². The van der Waals surface area contributed by atoms with E-state index in [0.717, 1.165) is 24.3 Å². The van der Waals surface area contributed by atoms with E-state index in [-0.39, 0.29) is 27.5 Å². The molecule has 2 aromatic carbocycles. The minimum atomic E-state index is -5.00. The van der Waals surface area contributed by atoms with Crippen molar-refractivity contribution >= 4 is 22.2 Å². The van der Waals surface area contributed by atoms with Crippen molar-refractivity contribution in [3.8, 4) is 0 Å². The summed E-state index contributed by atoms with van der Waals surface area (Å²) in [6.45, 7) is 0. The number of carbonyl (C=O) groups excluding carboxylic acids is 1. The van der Waals surface area contributed by atoms with E-state index in [0.29, 0.717) is 4.90 Å². The van der Waals surface area contributed by atoms with Crippen LogP contribution >= 0.6 is 11.4 Å². The van der Waals surface area contributed by atoms with Gasteiger partial charge in [0.2, 0.25) is 0 Å². The molecule has 0 saturated heterocycles. The first-order valence-electron chi connectivity index (χ1n) is 7.55. The van der Waals surface area contributed by atoms with Crippen LogP contribution < -0.4 is 0 Å². The normalized spacial score (nSPS) is 16.5. The minimum Gasteiger partial charge on any atom is -0.355 e. The molecule has 1 N–H and O–H groups in total. The predicted octanol–water partition coefficient (Wildman–Crippen LogP) is 5.17. The molecule has 1 heterocycles. The van der Waals surface area contributed by atoms with E-state index in [1.807, 2.05) is 0 Å². The number of benzene rings is 2. The maximum atomic E-state index is 12.9. The number of Topliss-reactive ketones (excluding diaryl/α,β-unsaturated/α-hetero) is 1. The summed E-state index contributed by atoms with van der Waals surface area (Å²) in [5.41, 5.74) is -3.09. The average Bonchev–Trinajstić information content (AvgIpc) is 3.43. The summed E-state index contributed by atoms with van der Waals surface area (Å²) in [5, 5.41) is 16.0. The van der Waals surface area contributed by atoms with Gasteiger partial charge in [0.15, 0.2) is 0 Å². The Morgan fingerprint density at radius 1 is 0.857 bits per heavy atom. The second-order valence-corrected chi connectivity index (χ2v) is 6.92. The highest BCUT2D eigenvalue weighted by Crippen LogP contribution is 2.52. The second kappa shape index (κ2) is 6.82. The van der Waals surface area contributed by atoms with E-state index >= 15 is 0 Å². The van der Waals surface area contributed by atoms with Crippen LogP contribution in [0.5, 0.6) is 0 Å². The van der Waals surface area contributed by atoms with Gasteiger partial charge in [-0.2, -0.15) is 26.3 Å². The zero-order chi connectivity index (χ0) is 20.7. The van der Waals surface area contributed by atoms with Crippen LogP contribution in [0.2, 0.25) is 0 Å². The number of hydrogen-bond donors (Lipinski definition) is 2. The Bertz CT molecular complexity index is 957. The van der Waals surface area contributed by atoms with Crippen LogP contribution in [0.15, 0.2) is 63.7 Å². The van der Waals surface area contributed by atoms with E-state index in [2.05, 4.69) is 10.2 Å². The number of nitrogens with zero attached hydrogens (tertiary/aromatic N) is 2. The van der Waals surface area contributed by atoms with Crippen molar-refractivity contribution in [2.45, 2.75) is 22.9 Å². The third-order valence-electron chi connectivity index (χ3n) is 3.86. The van der Waals surface area contributed by atoms with E-state index < -0.39 is 29.4 Å². The SMILES string of the molecule is O=C(c1ccc(C(O)=[SH]c2ccc(C3(C(F)(F)F)N=N3)cc2)cc1)C(F)(F)F. The Labute approximate surface area is 157 Å². The molecule has 0 atom stereocenters. The van der Waals surface area contributed by atoms with Gasteiger partial charge in [0.25, 0.3) is 5.78 Å². The summed E-state index contributed by atoms with van der Waals surface area (Å²) in [6.07, 6.45) is -9.64. The Morgan fingerprint density at radius 3 is 1.79 bits per heavy atom. The molecular weight excluding hydrogens is 410 g/mol. The number of hydrogen-bond acceptors (Lipinski definition) is 3. The number of thiol groups is 1. The van der Waals surface area contributed by atoms with Crippen molar-refractivity contribution in [3.63, 3.8) is 0 Å². The fourth-order valence-corrected chi connectivity index (χ4v) is 3.15. The van der Waals surface area contributed by atoms with Gasteiger partial charge >= 0.3 is 18.0 Å². The molecule has 0 aliphatic carbocycles. The fourth-order valence-electron chi connectivity index (χ4n) is 2.33. The van der Waals surface area contributed by atoms with Gasteiger partial charge in [-0.1, -0.05) is 36.4 Å². The lowest BCUT2D eigenvalue weighted by atomic mass is 10.0. The maximum Gasteiger partial charge on any atom is 0.454 e. The molecule has 0 unspecified atom stereocenters. The lowest BCUT2D eigenvalue weighted by molar-refractivity contribution is -0.166. The number of ketones is 1. The Balaban J connectivity index is 1.78.